The molecule has 2 heterocycles. The van der Waals surface area contributed by atoms with E-state index < -0.39 is 5.97 Å². The molecule has 2 aromatic heterocycles. The Morgan fingerprint density at radius 2 is 1.91 bits per heavy atom. The number of nitrogens with zero attached hydrogens (tertiary/aromatic N) is 3. The summed E-state index contributed by atoms with van der Waals surface area (Å²) >= 11 is 0. The molecule has 23 heavy (non-hydrogen) atoms. The number of carboxylic acid groups (broad SMARTS) is 1. The lowest BCUT2D eigenvalue weighted by atomic mass is 10.0. The van der Waals surface area contributed by atoms with Crippen LogP contribution in [0.2, 0.25) is 0 Å². The summed E-state index contributed by atoms with van der Waals surface area (Å²) in [4.78, 5) is 27.2. The monoisotopic (exact) mass is 307 g/mol. The number of hydrogen-bond donors (Lipinski definition) is 1. The summed E-state index contributed by atoms with van der Waals surface area (Å²) < 4.78 is 1.31. The molecular formula is C17H13N3O3. The molecular weight excluding hydrogens is 294 g/mol. The SMILES string of the molecule is O=C(O)c1ccccc1-c1ccc(Cn2ncccc2=O)nc1. The predicted molar refractivity (Wildman–Crippen MR) is 84.2 cm³/mol. The van der Waals surface area contributed by atoms with Crippen LogP contribution in [0.15, 0.2) is 65.7 Å². The highest BCUT2D eigenvalue weighted by Gasteiger charge is 2.11. The minimum absolute atomic E-state index is 0.199. The van der Waals surface area contributed by atoms with E-state index in [0.29, 0.717) is 16.8 Å². The Hall–Kier alpha value is -3.28. The van der Waals surface area contributed by atoms with Crippen LogP contribution < -0.4 is 5.56 Å². The fourth-order valence-electron chi connectivity index (χ4n) is 2.26. The van der Waals surface area contributed by atoms with Crippen molar-refractivity contribution in [2.45, 2.75) is 6.54 Å². The molecule has 3 rings (SSSR count). The predicted octanol–water partition coefficient (Wildman–Crippen LogP) is 2.05. The number of carbonyl (C=O) groups is 1. The summed E-state index contributed by atoms with van der Waals surface area (Å²) in [5.74, 6) is -0.982. The number of hydrogen-bond acceptors (Lipinski definition) is 4. The lowest BCUT2D eigenvalue weighted by molar-refractivity contribution is 0.0697. The average molecular weight is 307 g/mol. The van der Waals surface area contributed by atoms with Crippen molar-refractivity contribution in [3.63, 3.8) is 0 Å². The van der Waals surface area contributed by atoms with Gasteiger partial charge >= 0.3 is 5.97 Å². The molecule has 1 aromatic carbocycles. The molecule has 0 saturated carbocycles. The molecule has 0 aliphatic rings. The molecule has 114 valence electrons. The Morgan fingerprint density at radius 1 is 1.09 bits per heavy atom. The largest absolute Gasteiger partial charge is 0.478 e. The van der Waals surface area contributed by atoms with Crippen molar-refractivity contribution in [3.05, 3.63) is 82.5 Å². The van der Waals surface area contributed by atoms with Gasteiger partial charge in [-0.3, -0.25) is 9.78 Å². The van der Waals surface area contributed by atoms with Crippen LogP contribution in [-0.2, 0) is 6.54 Å². The molecule has 3 aromatic rings. The minimum Gasteiger partial charge on any atom is -0.478 e. The lowest BCUT2D eigenvalue weighted by Gasteiger charge is -2.07. The Morgan fingerprint density at radius 3 is 2.61 bits per heavy atom. The molecule has 0 fully saturated rings. The third-order valence-electron chi connectivity index (χ3n) is 3.39. The standard InChI is InChI=1S/C17H13N3O3/c21-16-6-3-9-19-20(16)11-13-8-7-12(10-18-13)14-4-1-2-5-15(14)17(22)23/h1-10H,11H2,(H,22,23). The summed E-state index contributed by atoms with van der Waals surface area (Å²) in [6.45, 7) is 0.264. The van der Waals surface area contributed by atoms with Crippen LogP contribution in [0.4, 0.5) is 0 Å². The minimum atomic E-state index is -0.982. The maximum atomic E-state index is 11.6. The van der Waals surface area contributed by atoms with Gasteiger partial charge in [-0.25, -0.2) is 9.48 Å². The fraction of sp³-hybridized carbons (Fsp3) is 0.0588. The van der Waals surface area contributed by atoms with Gasteiger partial charge < -0.3 is 5.11 Å². The van der Waals surface area contributed by atoms with Gasteiger partial charge in [-0.1, -0.05) is 24.3 Å². The smallest absolute Gasteiger partial charge is 0.336 e. The van der Waals surface area contributed by atoms with Crippen LogP contribution in [0.25, 0.3) is 11.1 Å². The van der Waals surface area contributed by atoms with E-state index in [-0.39, 0.29) is 17.7 Å². The number of benzene rings is 1. The average Bonchev–Trinajstić information content (AvgIpc) is 2.58. The molecule has 0 atom stereocenters. The normalized spacial score (nSPS) is 10.4. The Balaban J connectivity index is 1.90. The van der Waals surface area contributed by atoms with E-state index in [9.17, 15) is 14.7 Å². The Labute approximate surface area is 131 Å². The number of aromatic nitrogens is 3. The highest BCUT2D eigenvalue weighted by Crippen LogP contribution is 2.23. The molecule has 0 bridgehead atoms. The number of carboxylic acids is 1. The van der Waals surface area contributed by atoms with E-state index in [1.54, 1.807) is 54.9 Å². The summed E-state index contributed by atoms with van der Waals surface area (Å²) in [7, 11) is 0. The van der Waals surface area contributed by atoms with Crippen LogP contribution >= 0.6 is 0 Å². The zero-order valence-electron chi connectivity index (χ0n) is 12.1. The molecule has 0 unspecified atom stereocenters. The van der Waals surface area contributed by atoms with Crippen molar-refractivity contribution >= 4 is 5.97 Å². The molecule has 0 spiro atoms. The number of aromatic carboxylic acids is 1. The zero-order valence-corrected chi connectivity index (χ0v) is 12.1. The summed E-state index contributed by atoms with van der Waals surface area (Å²) in [6.07, 6.45) is 3.14. The van der Waals surface area contributed by atoms with Crippen molar-refractivity contribution in [2.75, 3.05) is 0 Å². The second-order valence-corrected chi connectivity index (χ2v) is 4.91. The highest BCUT2D eigenvalue weighted by atomic mass is 16.4. The van der Waals surface area contributed by atoms with Gasteiger partial charge in [0.25, 0.3) is 5.56 Å². The number of rotatable bonds is 4. The third kappa shape index (κ3) is 3.16. The van der Waals surface area contributed by atoms with E-state index in [0.717, 1.165) is 0 Å². The summed E-state index contributed by atoms with van der Waals surface area (Å²) in [5, 5.41) is 13.2. The van der Waals surface area contributed by atoms with Crippen LogP contribution in [0.3, 0.4) is 0 Å². The Kier molecular flexibility index (Phi) is 3.97. The molecule has 1 N–H and O–H groups in total. The van der Waals surface area contributed by atoms with E-state index in [4.69, 9.17) is 0 Å². The topological polar surface area (TPSA) is 85.1 Å². The Bertz CT molecular complexity index is 901. The first-order valence-electron chi connectivity index (χ1n) is 6.95. The third-order valence-corrected chi connectivity index (χ3v) is 3.39. The maximum Gasteiger partial charge on any atom is 0.336 e. The number of pyridine rings is 1. The first-order valence-corrected chi connectivity index (χ1v) is 6.95. The van der Waals surface area contributed by atoms with E-state index in [2.05, 4.69) is 10.1 Å². The van der Waals surface area contributed by atoms with Gasteiger partial charge in [0.1, 0.15) is 0 Å². The van der Waals surface area contributed by atoms with Gasteiger partial charge in [0.05, 0.1) is 17.8 Å². The van der Waals surface area contributed by atoms with E-state index >= 15 is 0 Å². The van der Waals surface area contributed by atoms with E-state index in [1.807, 2.05) is 0 Å². The first-order chi connectivity index (χ1) is 11.1. The second kappa shape index (κ2) is 6.23. The molecule has 6 nitrogen and oxygen atoms in total. The fourth-order valence-corrected chi connectivity index (χ4v) is 2.26. The van der Waals surface area contributed by atoms with Crippen molar-refractivity contribution in [1.82, 2.24) is 14.8 Å². The maximum absolute atomic E-state index is 11.6. The van der Waals surface area contributed by atoms with Crippen LogP contribution in [0.5, 0.6) is 0 Å². The molecule has 0 saturated heterocycles. The van der Waals surface area contributed by atoms with E-state index in [1.165, 1.54) is 10.7 Å². The van der Waals surface area contributed by atoms with Crippen molar-refractivity contribution in [1.29, 1.82) is 0 Å². The highest BCUT2D eigenvalue weighted by molar-refractivity contribution is 5.95. The molecule has 6 heteroatoms. The van der Waals surface area contributed by atoms with Crippen molar-refractivity contribution in [3.8, 4) is 11.1 Å². The van der Waals surface area contributed by atoms with Gasteiger partial charge in [0.15, 0.2) is 0 Å². The summed E-state index contributed by atoms with van der Waals surface area (Å²) in [6, 6.07) is 13.3. The van der Waals surface area contributed by atoms with Crippen molar-refractivity contribution < 1.29 is 9.90 Å². The van der Waals surface area contributed by atoms with Gasteiger partial charge in [-0.05, 0) is 23.8 Å². The molecule has 0 aliphatic heterocycles. The lowest BCUT2D eigenvalue weighted by Crippen LogP contribution is -2.22. The summed E-state index contributed by atoms with van der Waals surface area (Å²) in [5.41, 5.74) is 2.01. The van der Waals surface area contributed by atoms with Crippen LogP contribution in [0, 0.1) is 0 Å². The van der Waals surface area contributed by atoms with Gasteiger partial charge in [-0.2, -0.15) is 5.10 Å². The van der Waals surface area contributed by atoms with Gasteiger partial charge in [0, 0.05) is 24.0 Å². The molecule has 0 amide bonds. The van der Waals surface area contributed by atoms with Crippen LogP contribution in [-0.4, -0.2) is 25.8 Å². The quantitative estimate of drug-likeness (QED) is 0.797. The zero-order chi connectivity index (χ0) is 16.2. The molecule has 0 radical (unpaired) electrons. The second-order valence-electron chi connectivity index (χ2n) is 4.91. The van der Waals surface area contributed by atoms with Gasteiger partial charge in [0.2, 0.25) is 0 Å². The van der Waals surface area contributed by atoms with Gasteiger partial charge in [-0.15, -0.1) is 0 Å². The van der Waals surface area contributed by atoms with Crippen molar-refractivity contribution in [2.24, 2.45) is 0 Å². The first kappa shape index (κ1) is 14.6. The van der Waals surface area contributed by atoms with Crippen LogP contribution in [0.1, 0.15) is 16.1 Å². The molecule has 0 aliphatic carbocycles.